The van der Waals surface area contributed by atoms with E-state index in [0.29, 0.717) is 17.5 Å². The van der Waals surface area contributed by atoms with Crippen molar-refractivity contribution >= 4 is 28.4 Å². The molecular weight excluding hydrogens is 363 g/mol. The Morgan fingerprint density at radius 2 is 2.00 bits per heavy atom. The Labute approximate surface area is 135 Å². The molecule has 20 heavy (non-hydrogen) atoms. The Hall–Kier alpha value is -0.580. The molecule has 0 amide bonds. The number of ketones is 1. The third kappa shape index (κ3) is 3.18. The van der Waals surface area contributed by atoms with E-state index in [2.05, 4.69) is 36.4 Å². The van der Waals surface area contributed by atoms with Gasteiger partial charge in [0.2, 0.25) is 0 Å². The van der Waals surface area contributed by atoms with Gasteiger partial charge >= 0.3 is 0 Å². The fourth-order valence-corrected chi connectivity index (χ4v) is 3.99. The topological polar surface area (TPSA) is 26.3 Å². The summed E-state index contributed by atoms with van der Waals surface area (Å²) in [5, 5.41) is 0. The third-order valence-corrected chi connectivity index (χ3v) is 4.92. The Morgan fingerprint density at radius 1 is 1.35 bits per heavy atom. The van der Waals surface area contributed by atoms with Crippen LogP contribution in [0.5, 0.6) is 5.75 Å². The van der Waals surface area contributed by atoms with E-state index in [1.54, 1.807) is 7.11 Å². The zero-order valence-electron chi connectivity index (χ0n) is 12.5. The Kier molecular flexibility index (Phi) is 5.10. The number of rotatable bonds is 5. The van der Waals surface area contributed by atoms with E-state index in [4.69, 9.17) is 4.74 Å². The van der Waals surface area contributed by atoms with Crippen LogP contribution in [-0.2, 0) is 0 Å². The maximum Gasteiger partial charge on any atom is 0.172 e. The van der Waals surface area contributed by atoms with Gasteiger partial charge in [-0.25, -0.2) is 0 Å². The van der Waals surface area contributed by atoms with Crippen molar-refractivity contribution in [3.63, 3.8) is 0 Å². The van der Waals surface area contributed by atoms with Crippen molar-refractivity contribution in [3.8, 4) is 5.75 Å². The van der Waals surface area contributed by atoms with Crippen molar-refractivity contribution in [1.82, 2.24) is 0 Å². The minimum absolute atomic E-state index is 0.161. The molecule has 0 spiro atoms. The first kappa shape index (κ1) is 15.8. The van der Waals surface area contributed by atoms with E-state index in [-0.39, 0.29) is 5.41 Å². The smallest absolute Gasteiger partial charge is 0.172 e. The number of ether oxygens (including phenoxy) is 1. The fraction of sp³-hybridized carbons (Fsp3) is 0.588. The quantitative estimate of drug-likeness (QED) is 0.521. The van der Waals surface area contributed by atoms with Crippen molar-refractivity contribution in [2.45, 2.75) is 46.0 Å². The monoisotopic (exact) mass is 386 g/mol. The van der Waals surface area contributed by atoms with E-state index in [0.717, 1.165) is 28.4 Å². The highest BCUT2D eigenvalue weighted by Gasteiger charge is 2.42. The maximum absolute atomic E-state index is 13.2. The normalized spacial score (nSPS) is 17.4. The molecule has 3 heteroatoms. The van der Waals surface area contributed by atoms with Gasteiger partial charge in [-0.05, 0) is 66.0 Å². The van der Waals surface area contributed by atoms with Crippen LogP contribution in [0.1, 0.15) is 56.3 Å². The first-order chi connectivity index (χ1) is 9.48. The van der Waals surface area contributed by atoms with Crippen LogP contribution in [0.2, 0.25) is 0 Å². The van der Waals surface area contributed by atoms with Crippen LogP contribution in [0.25, 0.3) is 0 Å². The highest BCUT2D eigenvalue weighted by atomic mass is 127. The summed E-state index contributed by atoms with van der Waals surface area (Å²) < 4.78 is 6.49. The second-order valence-corrected chi connectivity index (χ2v) is 7.50. The van der Waals surface area contributed by atoms with Gasteiger partial charge in [-0.15, -0.1) is 0 Å². The lowest BCUT2D eigenvalue weighted by Crippen LogP contribution is -2.30. The zero-order valence-corrected chi connectivity index (χ0v) is 14.7. The van der Waals surface area contributed by atoms with Crippen LogP contribution in [0.4, 0.5) is 0 Å². The molecule has 0 N–H and O–H groups in total. The summed E-state index contributed by atoms with van der Waals surface area (Å²) in [4.78, 5) is 13.2. The molecular formula is C17H23IO2. The van der Waals surface area contributed by atoms with Crippen LogP contribution in [-0.4, -0.2) is 12.9 Å². The van der Waals surface area contributed by atoms with Crippen molar-refractivity contribution < 1.29 is 9.53 Å². The highest BCUT2D eigenvalue weighted by Crippen LogP contribution is 2.46. The summed E-state index contributed by atoms with van der Waals surface area (Å²) in [5.41, 5.74) is 0.605. The first-order valence-electron chi connectivity index (χ1n) is 7.37. The maximum atomic E-state index is 13.2. The van der Waals surface area contributed by atoms with E-state index >= 15 is 0 Å². The molecule has 0 atom stereocenters. The summed E-state index contributed by atoms with van der Waals surface area (Å²) in [5.74, 6) is 1.55. The van der Waals surface area contributed by atoms with Crippen molar-refractivity contribution in [2.75, 3.05) is 7.11 Å². The van der Waals surface area contributed by atoms with Crippen LogP contribution in [0.15, 0.2) is 18.2 Å². The largest absolute Gasteiger partial charge is 0.496 e. The van der Waals surface area contributed by atoms with Gasteiger partial charge in [0.1, 0.15) is 5.75 Å². The van der Waals surface area contributed by atoms with Gasteiger partial charge in [0.25, 0.3) is 0 Å². The average Bonchev–Trinajstić information content (AvgIpc) is 2.86. The van der Waals surface area contributed by atoms with Crippen LogP contribution in [0.3, 0.4) is 0 Å². The van der Waals surface area contributed by atoms with Gasteiger partial charge in [0.15, 0.2) is 5.78 Å². The van der Waals surface area contributed by atoms with Crippen LogP contribution >= 0.6 is 22.6 Å². The first-order valence-corrected chi connectivity index (χ1v) is 8.45. The second kappa shape index (κ2) is 6.46. The molecule has 2 rings (SSSR count). The number of hydrogen-bond donors (Lipinski definition) is 0. The molecule has 0 aliphatic heterocycles. The van der Waals surface area contributed by atoms with Crippen LogP contribution in [0, 0.1) is 14.9 Å². The SMILES string of the molecule is COc1ccc(I)cc1C(=O)C1(CC(C)C)CCCC1. The Balaban J connectivity index is 2.39. The molecule has 0 aromatic heterocycles. The number of methoxy groups -OCH3 is 1. The van der Waals surface area contributed by atoms with Gasteiger partial charge in [0.05, 0.1) is 12.7 Å². The summed E-state index contributed by atoms with van der Waals surface area (Å²) in [6.07, 6.45) is 5.38. The third-order valence-electron chi connectivity index (χ3n) is 4.25. The van der Waals surface area contributed by atoms with E-state index in [1.165, 1.54) is 12.8 Å². The van der Waals surface area contributed by atoms with E-state index in [9.17, 15) is 4.79 Å². The number of benzene rings is 1. The number of hydrogen-bond acceptors (Lipinski definition) is 2. The van der Waals surface area contributed by atoms with Crippen molar-refractivity contribution in [1.29, 1.82) is 0 Å². The van der Waals surface area contributed by atoms with Crippen LogP contribution < -0.4 is 4.74 Å². The molecule has 1 aromatic rings. The number of halogens is 1. The lowest BCUT2D eigenvalue weighted by atomic mass is 9.73. The summed E-state index contributed by atoms with van der Waals surface area (Å²) in [6.45, 7) is 4.42. The molecule has 0 bridgehead atoms. The lowest BCUT2D eigenvalue weighted by Gasteiger charge is -2.30. The lowest BCUT2D eigenvalue weighted by molar-refractivity contribution is 0.0756. The van der Waals surface area contributed by atoms with Gasteiger partial charge in [-0.1, -0.05) is 26.7 Å². The molecule has 0 saturated heterocycles. The molecule has 1 aliphatic rings. The minimum Gasteiger partial charge on any atom is -0.496 e. The van der Waals surface area contributed by atoms with Gasteiger partial charge < -0.3 is 4.74 Å². The molecule has 1 fully saturated rings. The number of carbonyl (C=O) groups excluding carboxylic acids is 1. The summed E-state index contributed by atoms with van der Waals surface area (Å²) in [6, 6.07) is 5.87. The standard InChI is InChI=1S/C17H23IO2/c1-12(2)11-17(8-4-5-9-17)16(19)14-10-13(18)6-7-15(14)20-3/h6-7,10,12H,4-5,8-9,11H2,1-3H3. The molecule has 1 saturated carbocycles. The Bertz CT molecular complexity index is 488. The van der Waals surface area contributed by atoms with Gasteiger partial charge in [-0.2, -0.15) is 0 Å². The Morgan fingerprint density at radius 3 is 2.55 bits per heavy atom. The highest BCUT2D eigenvalue weighted by molar-refractivity contribution is 14.1. The van der Waals surface area contributed by atoms with Gasteiger partial charge in [0, 0.05) is 8.99 Å². The minimum atomic E-state index is -0.161. The zero-order chi connectivity index (χ0) is 14.8. The molecule has 0 unspecified atom stereocenters. The summed E-state index contributed by atoms with van der Waals surface area (Å²) in [7, 11) is 1.64. The molecule has 0 heterocycles. The fourth-order valence-electron chi connectivity index (χ4n) is 3.50. The summed E-state index contributed by atoms with van der Waals surface area (Å²) >= 11 is 2.26. The second-order valence-electron chi connectivity index (χ2n) is 6.26. The predicted octanol–water partition coefficient (Wildman–Crippen LogP) is 5.09. The molecule has 0 radical (unpaired) electrons. The molecule has 110 valence electrons. The molecule has 2 nitrogen and oxygen atoms in total. The predicted molar refractivity (Wildman–Crippen MR) is 90.4 cm³/mol. The molecule has 1 aliphatic carbocycles. The van der Waals surface area contributed by atoms with Crippen molar-refractivity contribution in [2.24, 2.45) is 11.3 Å². The van der Waals surface area contributed by atoms with E-state index < -0.39 is 0 Å². The number of Topliss-reactive ketones (excluding diaryl/α,β-unsaturated/α-hetero) is 1. The van der Waals surface area contributed by atoms with Gasteiger partial charge in [-0.3, -0.25) is 4.79 Å². The number of carbonyl (C=O) groups is 1. The average molecular weight is 386 g/mol. The van der Waals surface area contributed by atoms with Crippen molar-refractivity contribution in [3.05, 3.63) is 27.3 Å². The van der Waals surface area contributed by atoms with E-state index in [1.807, 2.05) is 18.2 Å². The molecule has 1 aromatic carbocycles.